The molecule has 2 bridgehead atoms. The van der Waals surface area contributed by atoms with E-state index in [0.717, 1.165) is 17.8 Å². The van der Waals surface area contributed by atoms with Crippen molar-refractivity contribution in [2.75, 3.05) is 6.61 Å². The van der Waals surface area contributed by atoms with Gasteiger partial charge in [0, 0.05) is 17.2 Å². The van der Waals surface area contributed by atoms with Gasteiger partial charge in [-0.3, -0.25) is 4.79 Å². The Balaban J connectivity index is 1.68. The number of alkyl halides is 3. The maximum atomic E-state index is 13.3. The topological polar surface area (TPSA) is 61.3 Å². The first-order valence-corrected chi connectivity index (χ1v) is 8.76. The van der Waals surface area contributed by atoms with Gasteiger partial charge in [0.2, 0.25) is 6.29 Å². The number of aromatic nitrogens is 2. The van der Waals surface area contributed by atoms with Gasteiger partial charge in [0.25, 0.3) is 0 Å². The van der Waals surface area contributed by atoms with Crippen molar-refractivity contribution in [3.63, 3.8) is 0 Å². The predicted molar refractivity (Wildman–Crippen MR) is 86.4 cm³/mol. The lowest BCUT2D eigenvalue weighted by Crippen LogP contribution is -2.37. The molecule has 0 amide bonds. The van der Waals surface area contributed by atoms with Crippen molar-refractivity contribution in [2.45, 2.75) is 35.4 Å². The average molecular weight is 382 g/mol. The molecule has 3 atom stereocenters. The van der Waals surface area contributed by atoms with Crippen molar-refractivity contribution >= 4 is 17.5 Å². The number of carbonyl (C=O) groups excluding carboxylic acids is 1. The number of carbonyl (C=O) groups is 1. The second kappa shape index (κ2) is 6.64. The molecule has 0 N–H and O–H groups in total. The lowest BCUT2D eigenvalue weighted by atomic mass is 10.1. The van der Waals surface area contributed by atoms with Crippen LogP contribution in [0.4, 0.5) is 13.2 Å². The van der Waals surface area contributed by atoms with Crippen molar-refractivity contribution in [3.05, 3.63) is 42.1 Å². The van der Waals surface area contributed by atoms with Gasteiger partial charge in [-0.25, -0.2) is 9.97 Å². The molecule has 2 aliphatic rings. The van der Waals surface area contributed by atoms with E-state index in [1.807, 2.05) is 0 Å². The lowest BCUT2D eigenvalue weighted by molar-refractivity contribution is -0.151. The molecule has 26 heavy (non-hydrogen) atoms. The summed E-state index contributed by atoms with van der Waals surface area (Å²) >= 11 is 1.02. The zero-order valence-corrected chi connectivity index (χ0v) is 14.1. The maximum Gasteiger partial charge on any atom is 0.433 e. The summed E-state index contributed by atoms with van der Waals surface area (Å²) < 4.78 is 50.4. The van der Waals surface area contributed by atoms with Crippen LogP contribution in [0.1, 0.15) is 12.1 Å². The van der Waals surface area contributed by atoms with E-state index in [1.165, 1.54) is 0 Å². The Morgan fingerprint density at radius 3 is 2.65 bits per heavy atom. The number of rotatable bonds is 3. The van der Waals surface area contributed by atoms with Crippen molar-refractivity contribution in [3.8, 4) is 11.3 Å². The van der Waals surface area contributed by atoms with Crippen LogP contribution in [0, 0.1) is 0 Å². The molecule has 136 valence electrons. The summed E-state index contributed by atoms with van der Waals surface area (Å²) in [6, 6.07) is 9.50. The van der Waals surface area contributed by atoms with Gasteiger partial charge in [-0.1, -0.05) is 42.1 Å². The Bertz CT molecular complexity index is 832. The second-order valence-electron chi connectivity index (χ2n) is 5.95. The molecule has 0 unspecified atom stereocenters. The Kier molecular flexibility index (Phi) is 4.45. The molecule has 2 saturated heterocycles. The van der Waals surface area contributed by atoms with Crippen molar-refractivity contribution < 1.29 is 27.4 Å². The number of Topliss-reactive ketones (excluding diaryl/α,β-unsaturated/α-hetero) is 1. The van der Waals surface area contributed by atoms with Crippen LogP contribution in [0.2, 0.25) is 0 Å². The van der Waals surface area contributed by atoms with E-state index >= 15 is 0 Å². The van der Waals surface area contributed by atoms with Gasteiger partial charge >= 0.3 is 6.18 Å². The Morgan fingerprint density at radius 1 is 1.15 bits per heavy atom. The number of hydrogen-bond donors (Lipinski definition) is 0. The molecule has 0 aliphatic carbocycles. The summed E-state index contributed by atoms with van der Waals surface area (Å²) in [5, 5.41) is -0.418. The Morgan fingerprint density at radius 2 is 1.92 bits per heavy atom. The largest absolute Gasteiger partial charge is 0.433 e. The van der Waals surface area contributed by atoms with Crippen LogP contribution < -0.4 is 0 Å². The quantitative estimate of drug-likeness (QED) is 0.759. The number of thioether (sulfide) groups is 1. The summed E-state index contributed by atoms with van der Waals surface area (Å²) in [5.74, 6) is -0.216. The third-order valence-corrected chi connectivity index (χ3v) is 5.28. The smallest absolute Gasteiger partial charge is 0.343 e. The average Bonchev–Trinajstić information content (AvgIpc) is 3.06. The summed E-state index contributed by atoms with van der Waals surface area (Å²) in [6.45, 7) is 0.235. The standard InChI is InChI=1S/C17H13F3N2O3S/c18-17(19,20)14-6-10(9-4-2-1-3-5-9)21-16(22-14)26-13-7-11(23)15-24-8-12(13)25-15/h1-6,12-13,15H,7-8H2/t12-,13+,15+/m1/s1. The first-order chi connectivity index (χ1) is 12.4. The van der Waals surface area contributed by atoms with Crippen LogP contribution >= 0.6 is 11.8 Å². The highest BCUT2D eigenvalue weighted by Crippen LogP contribution is 2.37. The number of hydrogen-bond acceptors (Lipinski definition) is 6. The Labute approximate surface area is 150 Å². The third kappa shape index (κ3) is 3.46. The fraction of sp³-hybridized carbons (Fsp3) is 0.353. The van der Waals surface area contributed by atoms with E-state index < -0.39 is 18.2 Å². The highest BCUT2D eigenvalue weighted by Gasteiger charge is 2.44. The SMILES string of the molecule is O=C1C[C@H](Sc2nc(-c3ccccc3)cc(C(F)(F)F)n2)[C@H]2CO[C@H]1O2. The summed E-state index contributed by atoms with van der Waals surface area (Å²) in [5.41, 5.74) is -0.279. The van der Waals surface area contributed by atoms with Crippen molar-refractivity contribution in [1.29, 1.82) is 0 Å². The third-order valence-electron chi connectivity index (χ3n) is 4.11. The minimum Gasteiger partial charge on any atom is -0.343 e. The van der Waals surface area contributed by atoms with Gasteiger partial charge in [0.15, 0.2) is 10.9 Å². The van der Waals surface area contributed by atoms with Crippen LogP contribution in [-0.2, 0) is 20.4 Å². The molecule has 2 aliphatic heterocycles. The monoisotopic (exact) mass is 382 g/mol. The van der Waals surface area contributed by atoms with Gasteiger partial charge in [-0.05, 0) is 6.07 Å². The molecule has 4 rings (SSSR count). The lowest BCUT2D eigenvalue weighted by Gasteiger charge is -2.25. The zero-order chi connectivity index (χ0) is 18.3. The summed E-state index contributed by atoms with van der Waals surface area (Å²) in [7, 11) is 0. The van der Waals surface area contributed by atoms with Gasteiger partial charge in [-0.2, -0.15) is 13.2 Å². The zero-order valence-electron chi connectivity index (χ0n) is 13.3. The van der Waals surface area contributed by atoms with E-state index in [-0.39, 0.29) is 41.0 Å². The fourth-order valence-corrected chi connectivity index (χ4v) is 3.96. The normalized spacial score (nSPS) is 25.5. The molecule has 2 fully saturated rings. The van der Waals surface area contributed by atoms with E-state index in [0.29, 0.717) is 5.56 Å². The number of benzene rings is 1. The van der Waals surface area contributed by atoms with E-state index in [2.05, 4.69) is 9.97 Å². The van der Waals surface area contributed by atoms with E-state index in [9.17, 15) is 18.0 Å². The molecular weight excluding hydrogens is 369 g/mol. The number of ether oxygens (including phenoxy) is 2. The van der Waals surface area contributed by atoms with Crippen LogP contribution in [0.25, 0.3) is 11.3 Å². The van der Waals surface area contributed by atoms with Gasteiger partial charge in [-0.15, -0.1) is 0 Å². The van der Waals surface area contributed by atoms with Crippen LogP contribution in [0.15, 0.2) is 41.6 Å². The second-order valence-corrected chi connectivity index (χ2v) is 7.16. The molecule has 2 aromatic rings. The fourth-order valence-electron chi connectivity index (χ4n) is 2.84. The molecule has 9 heteroatoms. The molecule has 5 nitrogen and oxygen atoms in total. The number of ketones is 1. The first kappa shape index (κ1) is 17.4. The molecular formula is C17H13F3N2O3S. The minimum absolute atomic E-state index is 0.0366. The molecule has 0 saturated carbocycles. The molecule has 0 spiro atoms. The Hall–Kier alpha value is -1.97. The number of nitrogens with zero attached hydrogens (tertiary/aromatic N) is 2. The molecule has 1 aromatic heterocycles. The van der Waals surface area contributed by atoms with Crippen LogP contribution in [0.5, 0.6) is 0 Å². The maximum absolute atomic E-state index is 13.3. The molecule has 1 aromatic carbocycles. The van der Waals surface area contributed by atoms with E-state index in [1.54, 1.807) is 30.3 Å². The highest BCUT2D eigenvalue weighted by molar-refractivity contribution is 7.99. The molecule has 3 heterocycles. The van der Waals surface area contributed by atoms with Gasteiger partial charge in [0.1, 0.15) is 5.69 Å². The number of halogens is 3. The number of fused-ring (bicyclic) bond motifs is 2. The van der Waals surface area contributed by atoms with Crippen LogP contribution in [0.3, 0.4) is 0 Å². The summed E-state index contributed by atoms with van der Waals surface area (Å²) in [6.07, 6.45) is -5.65. The first-order valence-electron chi connectivity index (χ1n) is 7.88. The van der Waals surface area contributed by atoms with Crippen molar-refractivity contribution in [1.82, 2.24) is 9.97 Å². The van der Waals surface area contributed by atoms with E-state index in [4.69, 9.17) is 9.47 Å². The van der Waals surface area contributed by atoms with Gasteiger partial charge in [0.05, 0.1) is 18.4 Å². The highest BCUT2D eigenvalue weighted by atomic mass is 32.2. The van der Waals surface area contributed by atoms with Crippen molar-refractivity contribution in [2.24, 2.45) is 0 Å². The van der Waals surface area contributed by atoms with Crippen LogP contribution in [-0.4, -0.2) is 40.0 Å². The predicted octanol–water partition coefficient (Wildman–Crippen LogP) is 3.34. The summed E-state index contributed by atoms with van der Waals surface area (Å²) in [4.78, 5) is 19.8. The minimum atomic E-state index is -4.60. The van der Waals surface area contributed by atoms with Gasteiger partial charge < -0.3 is 9.47 Å². The molecule has 0 radical (unpaired) electrons.